The standard InChI is InChI=1S/C16H17N3O2/c1-4-12-6-7-13(14(9-12)21-10-20-5-2)16-11(3)8-15(17)18-19-16/h1,6-9H,5,10H2,2-3H3,(H2,17,18). The van der Waals surface area contributed by atoms with Gasteiger partial charge >= 0.3 is 0 Å². The molecule has 5 heteroatoms. The van der Waals surface area contributed by atoms with Gasteiger partial charge in [-0.2, -0.15) is 0 Å². The normalized spacial score (nSPS) is 10.1. The van der Waals surface area contributed by atoms with Crippen molar-refractivity contribution in [3.05, 3.63) is 35.4 Å². The quantitative estimate of drug-likeness (QED) is 0.518. The fourth-order valence-corrected chi connectivity index (χ4v) is 1.89. The zero-order chi connectivity index (χ0) is 15.2. The summed E-state index contributed by atoms with van der Waals surface area (Å²) in [6.45, 7) is 4.54. The van der Waals surface area contributed by atoms with E-state index in [1.54, 1.807) is 12.1 Å². The lowest BCUT2D eigenvalue weighted by atomic mass is 10.0. The van der Waals surface area contributed by atoms with E-state index >= 15 is 0 Å². The molecule has 0 radical (unpaired) electrons. The van der Waals surface area contributed by atoms with Crippen molar-refractivity contribution in [2.75, 3.05) is 19.1 Å². The van der Waals surface area contributed by atoms with Gasteiger partial charge in [-0.3, -0.25) is 0 Å². The van der Waals surface area contributed by atoms with Crippen molar-refractivity contribution in [3.8, 4) is 29.4 Å². The molecule has 0 unspecified atom stereocenters. The summed E-state index contributed by atoms with van der Waals surface area (Å²) in [5, 5.41) is 8.04. The highest BCUT2D eigenvalue weighted by Crippen LogP contribution is 2.31. The van der Waals surface area contributed by atoms with Gasteiger partial charge in [0.1, 0.15) is 11.6 Å². The van der Waals surface area contributed by atoms with E-state index in [0.717, 1.165) is 16.7 Å². The Morgan fingerprint density at radius 3 is 2.76 bits per heavy atom. The molecule has 2 rings (SSSR count). The van der Waals surface area contributed by atoms with Crippen molar-refractivity contribution in [1.82, 2.24) is 10.2 Å². The highest BCUT2D eigenvalue weighted by atomic mass is 16.7. The minimum atomic E-state index is 0.152. The van der Waals surface area contributed by atoms with Gasteiger partial charge in [-0.1, -0.05) is 5.92 Å². The van der Waals surface area contributed by atoms with Gasteiger partial charge < -0.3 is 15.2 Å². The van der Waals surface area contributed by atoms with Gasteiger partial charge in [0.15, 0.2) is 6.79 Å². The Balaban J connectivity index is 2.44. The Hall–Kier alpha value is -2.58. The predicted octanol–water partition coefficient (Wildman–Crippen LogP) is 2.39. The molecule has 0 atom stereocenters. The summed E-state index contributed by atoms with van der Waals surface area (Å²) in [4.78, 5) is 0. The first-order valence-electron chi connectivity index (χ1n) is 6.57. The number of aryl methyl sites for hydroxylation is 1. The van der Waals surface area contributed by atoms with Crippen LogP contribution < -0.4 is 10.5 Å². The van der Waals surface area contributed by atoms with Gasteiger partial charge in [0.2, 0.25) is 0 Å². The fraction of sp³-hybridized carbons (Fsp3) is 0.250. The third-order valence-electron chi connectivity index (χ3n) is 2.91. The zero-order valence-corrected chi connectivity index (χ0v) is 12.1. The lowest BCUT2D eigenvalue weighted by Gasteiger charge is -2.13. The van der Waals surface area contributed by atoms with Gasteiger partial charge in [-0.05, 0) is 43.7 Å². The van der Waals surface area contributed by atoms with Gasteiger partial charge in [0, 0.05) is 17.7 Å². The van der Waals surface area contributed by atoms with E-state index in [1.807, 2.05) is 26.0 Å². The monoisotopic (exact) mass is 283 g/mol. The predicted molar refractivity (Wildman–Crippen MR) is 81.7 cm³/mol. The Morgan fingerprint density at radius 1 is 1.29 bits per heavy atom. The number of benzene rings is 1. The second-order valence-electron chi connectivity index (χ2n) is 4.41. The summed E-state index contributed by atoms with van der Waals surface area (Å²) >= 11 is 0. The van der Waals surface area contributed by atoms with Gasteiger partial charge in [-0.15, -0.1) is 16.6 Å². The molecule has 108 valence electrons. The molecule has 0 aliphatic rings. The van der Waals surface area contributed by atoms with Crippen molar-refractivity contribution in [3.63, 3.8) is 0 Å². The molecule has 2 aromatic rings. The molecule has 5 nitrogen and oxygen atoms in total. The highest BCUT2D eigenvalue weighted by molar-refractivity contribution is 5.71. The Morgan fingerprint density at radius 2 is 2.10 bits per heavy atom. The van der Waals surface area contributed by atoms with Crippen molar-refractivity contribution in [2.24, 2.45) is 0 Å². The second kappa shape index (κ2) is 6.73. The van der Waals surface area contributed by atoms with Crippen LogP contribution in [0.15, 0.2) is 24.3 Å². The number of rotatable bonds is 5. The molecule has 1 heterocycles. The third kappa shape index (κ3) is 3.50. The van der Waals surface area contributed by atoms with Crippen LogP contribution in [-0.4, -0.2) is 23.6 Å². The molecule has 0 amide bonds. The van der Waals surface area contributed by atoms with E-state index < -0.39 is 0 Å². The molecule has 0 saturated carbocycles. The maximum atomic E-state index is 5.64. The van der Waals surface area contributed by atoms with E-state index in [0.29, 0.717) is 23.9 Å². The summed E-state index contributed by atoms with van der Waals surface area (Å²) in [5.74, 6) is 3.58. The summed E-state index contributed by atoms with van der Waals surface area (Å²) in [6, 6.07) is 7.25. The molecular weight excluding hydrogens is 266 g/mol. The molecule has 0 aliphatic carbocycles. The van der Waals surface area contributed by atoms with Crippen LogP contribution in [0.2, 0.25) is 0 Å². The van der Waals surface area contributed by atoms with E-state index in [1.165, 1.54) is 0 Å². The van der Waals surface area contributed by atoms with Crippen LogP contribution in [0.3, 0.4) is 0 Å². The maximum absolute atomic E-state index is 5.64. The van der Waals surface area contributed by atoms with Crippen LogP contribution >= 0.6 is 0 Å². The van der Waals surface area contributed by atoms with Crippen LogP contribution in [0.1, 0.15) is 18.1 Å². The molecule has 0 aliphatic heterocycles. The van der Waals surface area contributed by atoms with Crippen molar-refractivity contribution < 1.29 is 9.47 Å². The number of ether oxygens (including phenoxy) is 2. The zero-order valence-electron chi connectivity index (χ0n) is 12.1. The van der Waals surface area contributed by atoms with Crippen molar-refractivity contribution in [2.45, 2.75) is 13.8 Å². The van der Waals surface area contributed by atoms with E-state index in [-0.39, 0.29) is 6.79 Å². The maximum Gasteiger partial charge on any atom is 0.189 e. The summed E-state index contributed by atoms with van der Waals surface area (Å²) in [6.07, 6.45) is 5.43. The fourth-order valence-electron chi connectivity index (χ4n) is 1.89. The highest BCUT2D eigenvalue weighted by Gasteiger charge is 2.12. The number of nitrogens with zero attached hydrogens (tertiary/aromatic N) is 2. The van der Waals surface area contributed by atoms with E-state index in [9.17, 15) is 0 Å². The number of nitrogen functional groups attached to an aromatic ring is 1. The van der Waals surface area contributed by atoms with E-state index in [4.69, 9.17) is 21.6 Å². The Labute approximate surface area is 124 Å². The molecule has 0 spiro atoms. The van der Waals surface area contributed by atoms with E-state index in [2.05, 4.69) is 16.1 Å². The molecule has 2 N–H and O–H groups in total. The first-order chi connectivity index (χ1) is 10.2. The number of anilines is 1. The van der Waals surface area contributed by atoms with Crippen molar-refractivity contribution >= 4 is 5.82 Å². The van der Waals surface area contributed by atoms with Gasteiger partial charge in [0.05, 0.1) is 5.69 Å². The lowest BCUT2D eigenvalue weighted by Crippen LogP contribution is -2.05. The SMILES string of the molecule is C#Cc1ccc(-c2nnc(N)cc2C)c(OCOCC)c1. The molecule has 0 fully saturated rings. The summed E-state index contributed by atoms with van der Waals surface area (Å²) in [7, 11) is 0. The topological polar surface area (TPSA) is 70.3 Å². The van der Waals surface area contributed by atoms with Crippen LogP contribution in [0, 0.1) is 19.3 Å². The molecule has 21 heavy (non-hydrogen) atoms. The molecule has 1 aromatic carbocycles. The second-order valence-corrected chi connectivity index (χ2v) is 4.41. The summed E-state index contributed by atoms with van der Waals surface area (Å²) in [5.41, 5.74) is 8.79. The smallest absolute Gasteiger partial charge is 0.189 e. The third-order valence-corrected chi connectivity index (χ3v) is 2.91. The first-order valence-corrected chi connectivity index (χ1v) is 6.57. The number of nitrogens with two attached hydrogens (primary N) is 1. The molecule has 1 aromatic heterocycles. The average molecular weight is 283 g/mol. The number of aromatic nitrogens is 2. The Bertz CT molecular complexity index is 678. The molecule has 0 saturated heterocycles. The lowest BCUT2D eigenvalue weighted by molar-refractivity contribution is 0.0227. The van der Waals surface area contributed by atoms with Crippen LogP contribution in [0.25, 0.3) is 11.3 Å². The minimum absolute atomic E-state index is 0.152. The Kier molecular flexibility index (Phi) is 4.75. The largest absolute Gasteiger partial charge is 0.467 e. The molecule has 0 bridgehead atoms. The summed E-state index contributed by atoms with van der Waals surface area (Å²) < 4.78 is 10.9. The van der Waals surface area contributed by atoms with Gasteiger partial charge in [0.25, 0.3) is 0 Å². The molecular formula is C16H17N3O2. The number of hydrogen-bond donors (Lipinski definition) is 1. The van der Waals surface area contributed by atoms with Crippen molar-refractivity contribution in [1.29, 1.82) is 0 Å². The van der Waals surface area contributed by atoms with Crippen LogP contribution in [-0.2, 0) is 4.74 Å². The number of terminal acetylenes is 1. The number of hydrogen-bond acceptors (Lipinski definition) is 5. The van der Waals surface area contributed by atoms with Crippen LogP contribution in [0.4, 0.5) is 5.82 Å². The minimum Gasteiger partial charge on any atom is -0.467 e. The average Bonchev–Trinajstić information content (AvgIpc) is 2.48. The first kappa shape index (κ1) is 14.8. The van der Waals surface area contributed by atoms with Gasteiger partial charge in [-0.25, -0.2) is 0 Å². The van der Waals surface area contributed by atoms with Crippen LogP contribution in [0.5, 0.6) is 5.75 Å².